The molecule has 0 aromatic heterocycles. The van der Waals surface area contributed by atoms with Crippen molar-refractivity contribution in [3.63, 3.8) is 0 Å². The molecule has 0 aliphatic rings. The lowest BCUT2D eigenvalue weighted by molar-refractivity contribution is -0.118. The molecule has 1 rings (SSSR count). The number of aryl methyl sites for hydroxylation is 1. The molecule has 0 unspecified atom stereocenters. The molecule has 1 aromatic rings. The van der Waals surface area contributed by atoms with E-state index in [1.165, 1.54) is 18.1 Å². The van der Waals surface area contributed by atoms with Gasteiger partial charge in [0, 0.05) is 20.0 Å². The first-order valence-corrected chi connectivity index (χ1v) is 5.69. The maximum Gasteiger partial charge on any atom is 0.216 e. The minimum absolute atomic E-state index is 0.0282. The van der Waals surface area contributed by atoms with Crippen LogP contribution in [0.25, 0.3) is 0 Å². The molecule has 16 heavy (non-hydrogen) atoms. The molecule has 0 spiro atoms. The lowest BCUT2D eigenvalue weighted by Crippen LogP contribution is -2.31. The van der Waals surface area contributed by atoms with E-state index in [0.717, 1.165) is 19.5 Å². The maximum atomic E-state index is 10.6. The molecule has 0 bridgehead atoms. The van der Waals surface area contributed by atoms with Crippen molar-refractivity contribution in [3.8, 4) is 0 Å². The van der Waals surface area contributed by atoms with Crippen LogP contribution in [0.15, 0.2) is 24.3 Å². The fourth-order valence-electron chi connectivity index (χ4n) is 1.55. The molecule has 0 saturated heterocycles. The van der Waals surface area contributed by atoms with Gasteiger partial charge in [-0.15, -0.1) is 0 Å². The minimum atomic E-state index is 0.0282. The highest BCUT2D eigenvalue weighted by Gasteiger charge is 1.94. The SMILES string of the molecule is CC(=O)NCCNCCc1cccc(C)c1. The molecule has 2 N–H and O–H groups in total. The van der Waals surface area contributed by atoms with Crippen LogP contribution in [0.1, 0.15) is 18.1 Å². The van der Waals surface area contributed by atoms with Gasteiger partial charge >= 0.3 is 0 Å². The molecule has 0 radical (unpaired) electrons. The second kappa shape index (κ2) is 7.01. The van der Waals surface area contributed by atoms with E-state index in [0.29, 0.717) is 6.54 Å². The Balaban J connectivity index is 2.09. The van der Waals surface area contributed by atoms with Gasteiger partial charge in [-0.2, -0.15) is 0 Å². The van der Waals surface area contributed by atoms with Gasteiger partial charge in [0.1, 0.15) is 0 Å². The normalized spacial score (nSPS) is 10.1. The van der Waals surface area contributed by atoms with Gasteiger partial charge in [0.2, 0.25) is 5.91 Å². The van der Waals surface area contributed by atoms with Crippen LogP contribution in [0, 0.1) is 6.92 Å². The van der Waals surface area contributed by atoms with E-state index in [4.69, 9.17) is 0 Å². The molecule has 0 aliphatic carbocycles. The van der Waals surface area contributed by atoms with Gasteiger partial charge < -0.3 is 10.6 Å². The van der Waals surface area contributed by atoms with Gasteiger partial charge in [-0.25, -0.2) is 0 Å². The summed E-state index contributed by atoms with van der Waals surface area (Å²) in [6, 6.07) is 8.54. The zero-order valence-electron chi connectivity index (χ0n) is 10.0. The Morgan fingerprint density at radius 3 is 2.75 bits per heavy atom. The molecule has 0 fully saturated rings. The van der Waals surface area contributed by atoms with E-state index in [-0.39, 0.29) is 5.91 Å². The van der Waals surface area contributed by atoms with Crippen molar-refractivity contribution >= 4 is 5.91 Å². The summed E-state index contributed by atoms with van der Waals surface area (Å²) in [6.07, 6.45) is 1.03. The monoisotopic (exact) mass is 220 g/mol. The quantitative estimate of drug-likeness (QED) is 0.709. The summed E-state index contributed by atoms with van der Waals surface area (Å²) in [7, 11) is 0. The van der Waals surface area contributed by atoms with Gasteiger partial charge in [-0.3, -0.25) is 4.79 Å². The third-order valence-corrected chi connectivity index (χ3v) is 2.35. The highest BCUT2D eigenvalue weighted by molar-refractivity contribution is 5.72. The van der Waals surface area contributed by atoms with Crippen LogP contribution < -0.4 is 10.6 Å². The van der Waals surface area contributed by atoms with Crippen LogP contribution in [0.5, 0.6) is 0 Å². The second-order valence-electron chi connectivity index (χ2n) is 3.97. The Morgan fingerprint density at radius 1 is 1.25 bits per heavy atom. The van der Waals surface area contributed by atoms with E-state index < -0.39 is 0 Å². The molecule has 3 heteroatoms. The van der Waals surface area contributed by atoms with Gasteiger partial charge in [-0.05, 0) is 25.5 Å². The summed E-state index contributed by atoms with van der Waals surface area (Å²) in [6.45, 7) is 6.11. The van der Waals surface area contributed by atoms with Crippen LogP contribution in [0.3, 0.4) is 0 Å². The molecule has 0 saturated carbocycles. The fraction of sp³-hybridized carbons (Fsp3) is 0.462. The Labute approximate surface area is 97.2 Å². The number of carbonyl (C=O) groups is 1. The lowest BCUT2D eigenvalue weighted by atomic mass is 10.1. The number of hydrogen-bond donors (Lipinski definition) is 2. The lowest BCUT2D eigenvalue weighted by Gasteiger charge is -2.06. The highest BCUT2D eigenvalue weighted by atomic mass is 16.1. The van der Waals surface area contributed by atoms with Crippen LogP contribution in [0.2, 0.25) is 0 Å². The number of nitrogens with one attached hydrogen (secondary N) is 2. The fourth-order valence-corrected chi connectivity index (χ4v) is 1.55. The number of amides is 1. The first-order valence-electron chi connectivity index (χ1n) is 5.69. The molecule has 1 aromatic carbocycles. The zero-order chi connectivity index (χ0) is 11.8. The van der Waals surface area contributed by atoms with Crippen molar-refractivity contribution in [3.05, 3.63) is 35.4 Å². The molecular weight excluding hydrogens is 200 g/mol. The van der Waals surface area contributed by atoms with Crippen molar-refractivity contribution < 1.29 is 4.79 Å². The molecule has 0 atom stereocenters. The van der Waals surface area contributed by atoms with Gasteiger partial charge in [0.05, 0.1) is 0 Å². The highest BCUT2D eigenvalue weighted by Crippen LogP contribution is 2.03. The average Bonchev–Trinajstić information content (AvgIpc) is 2.23. The standard InChI is InChI=1S/C13H20N2O/c1-11-4-3-5-13(10-11)6-7-14-8-9-15-12(2)16/h3-5,10,14H,6-9H2,1-2H3,(H,15,16). The van der Waals surface area contributed by atoms with Crippen LogP contribution >= 0.6 is 0 Å². The molecule has 0 aliphatic heterocycles. The first kappa shape index (κ1) is 12.7. The van der Waals surface area contributed by atoms with Crippen LogP contribution in [0.4, 0.5) is 0 Å². The Kier molecular flexibility index (Phi) is 5.57. The van der Waals surface area contributed by atoms with Crippen molar-refractivity contribution in [1.82, 2.24) is 10.6 Å². The van der Waals surface area contributed by atoms with Crippen LogP contribution in [-0.4, -0.2) is 25.5 Å². The average molecular weight is 220 g/mol. The largest absolute Gasteiger partial charge is 0.355 e. The van der Waals surface area contributed by atoms with Gasteiger partial charge in [0.25, 0.3) is 0 Å². The zero-order valence-corrected chi connectivity index (χ0v) is 10.0. The Bertz CT molecular complexity index is 336. The smallest absolute Gasteiger partial charge is 0.216 e. The minimum Gasteiger partial charge on any atom is -0.355 e. The van der Waals surface area contributed by atoms with Crippen molar-refractivity contribution in [2.45, 2.75) is 20.3 Å². The van der Waals surface area contributed by atoms with Crippen molar-refractivity contribution in [1.29, 1.82) is 0 Å². The topological polar surface area (TPSA) is 41.1 Å². The second-order valence-corrected chi connectivity index (χ2v) is 3.97. The predicted molar refractivity (Wildman–Crippen MR) is 66.4 cm³/mol. The number of rotatable bonds is 6. The number of hydrogen-bond acceptors (Lipinski definition) is 2. The Hall–Kier alpha value is -1.35. The third-order valence-electron chi connectivity index (χ3n) is 2.35. The van der Waals surface area contributed by atoms with E-state index >= 15 is 0 Å². The molecule has 3 nitrogen and oxygen atoms in total. The molecule has 0 heterocycles. The maximum absolute atomic E-state index is 10.6. The summed E-state index contributed by atoms with van der Waals surface area (Å²) in [5.74, 6) is 0.0282. The third kappa shape index (κ3) is 5.51. The van der Waals surface area contributed by atoms with Gasteiger partial charge in [-0.1, -0.05) is 29.8 Å². The predicted octanol–water partition coefficient (Wildman–Crippen LogP) is 1.26. The molecular formula is C13H20N2O. The van der Waals surface area contributed by atoms with E-state index in [1.807, 2.05) is 0 Å². The van der Waals surface area contributed by atoms with E-state index in [2.05, 4.69) is 41.8 Å². The molecule has 1 amide bonds. The number of carbonyl (C=O) groups excluding carboxylic acids is 1. The molecule has 88 valence electrons. The first-order chi connectivity index (χ1) is 7.68. The van der Waals surface area contributed by atoms with Crippen LogP contribution in [-0.2, 0) is 11.2 Å². The Morgan fingerprint density at radius 2 is 2.06 bits per heavy atom. The summed E-state index contributed by atoms with van der Waals surface area (Å²) < 4.78 is 0. The van der Waals surface area contributed by atoms with E-state index in [1.54, 1.807) is 0 Å². The van der Waals surface area contributed by atoms with Crippen molar-refractivity contribution in [2.24, 2.45) is 0 Å². The van der Waals surface area contributed by atoms with Crippen molar-refractivity contribution in [2.75, 3.05) is 19.6 Å². The van der Waals surface area contributed by atoms with Gasteiger partial charge in [0.15, 0.2) is 0 Å². The van der Waals surface area contributed by atoms with E-state index in [9.17, 15) is 4.79 Å². The summed E-state index contributed by atoms with van der Waals surface area (Å²) in [4.78, 5) is 10.6. The summed E-state index contributed by atoms with van der Waals surface area (Å²) >= 11 is 0. The number of benzene rings is 1. The summed E-state index contributed by atoms with van der Waals surface area (Å²) in [5.41, 5.74) is 2.66. The summed E-state index contributed by atoms with van der Waals surface area (Å²) in [5, 5.41) is 6.05.